The SMILES string of the molecule is CCc1n[nH]c(=S)n1NC(=S)Nc1ccc(OC)cc1. The topological polar surface area (TPSA) is 66.9 Å². The molecular formula is C12H15N5OS2. The van der Waals surface area contributed by atoms with E-state index >= 15 is 0 Å². The summed E-state index contributed by atoms with van der Waals surface area (Å²) in [6.07, 6.45) is 0.741. The molecule has 1 aromatic carbocycles. The molecule has 0 atom stereocenters. The zero-order valence-corrected chi connectivity index (χ0v) is 12.8. The maximum absolute atomic E-state index is 5.25. The van der Waals surface area contributed by atoms with Crippen molar-refractivity contribution in [3.63, 3.8) is 0 Å². The Labute approximate surface area is 127 Å². The van der Waals surface area contributed by atoms with Crippen molar-refractivity contribution >= 4 is 35.2 Å². The van der Waals surface area contributed by atoms with E-state index in [-0.39, 0.29) is 0 Å². The van der Waals surface area contributed by atoms with Gasteiger partial charge in [0.25, 0.3) is 0 Å². The number of benzene rings is 1. The van der Waals surface area contributed by atoms with Crippen molar-refractivity contribution in [3.8, 4) is 5.75 Å². The average Bonchev–Trinajstić information content (AvgIpc) is 2.80. The van der Waals surface area contributed by atoms with Crippen LogP contribution in [0.2, 0.25) is 0 Å². The number of anilines is 1. The molecule has 1 heterocycles. The average molecular weight is 309 g/mol. The van der Waals surface area contributed by atoms with Crippen LogP contribution in [0.1, 0.15) is 12.7 Å². The highest BCUT2D eigenvalue weighted by molar-refractivity contribution is 7.80. The number of H-pyrrole nitrogens is 1. The van der Waals surface area contributed by atoms with Crippen molar-refractivity contribution < 1.29 is 4.74 Å². The van der Waals surface area contributed by atoms with E-state index in [0.29, 0.717) is 9.88 Å². The van der Waals surface area contributed by atoms with Gasteiger partial charge < -0.3 is 10.1 Å². The Hall–Kier alpha value is -1.93. The van der Waals surface area contributed by atoms with Gasteiger partial charge in [-0.3, -0.25) is 10.5 Å². The molecule has 106 valence electrons. The van der Waals surface area contributed by atoms with Crippen molar-refractivity contribution in [2.45, 2.75) is 13.3 Å². The van der Waals surface area contributed by atoms with Gasteiger partial charge in [0, 0.05) is 12.1 Å². The molecule has 0 aliphatic rings. The third-order valence-electron chi connectivity index (χ3n) is 2.62. The Bertz CT molecular complexity index is 647. The highest BCUT2D eigenvalue weighted by Crippen LogP contribution is 2.14. The van der Waals surface area contributed by atoms with E-state index < -0.39 is 0 Å². The number of aromatic amines is 1. The fourth-order valence-electron chi connectivity index (χ4n) is 1.62. The zero-order chi connectivity index (χ0) is 14.5. The summed E-state index contributed by atoms with van der Waals surface area (Å²) in [5, 5.41) is 10.3. The Morgan fingerprint density at radius 3 is 2.70 bits per heavy atom. The third kappa shape index (κ3) is 3.34. The van der Waals surface area contributed by atoms with Crippen LogP contribution in [-0.2, 0) is 6.42 Å². The summed E-state index contributed by atoms with van der Waals surface area (Å²) in [5.74, 6) is 1.58. The number of nitrogens with one attached hydrogen (secondary N) is 3. The molecule has 0 aliphatic heterocycles. The molecule has 0 amide bonds. The van der Waals surface area contributed by atoms with Crippen molar-refractivity contribution in [1.29, 1.82) is 0 Å². The maximum atomic E-state index is 5.25. The van der Waals surface area contributed by atoms with Crippen LogP contribution in [0, 0.1) is 4.77 Å². The number of ether oxygens (including phenoxy) is 1. The lowest BCUT2D eigenvalue weighted by molar-refractivity contribution is 0.415. The lowest BCUT2D eigenvalue weighted by atomic mass is 10.3. The zero-order valence-electron chi connectivity index (χ0n) is 11.1. The van der Waals surface area contributed by atoms with Crippen LogP contribution in [-0.4, -0.2) is 27.1 Å². The number of aryl methyl sites for hydroxylation is 1. The Kier molecular flexibility index (Phi) is 4.70. The van der Waals surface area contributed by atoms with Crippen LogP contribution in [0.4, 0.5) is 5.69 Å². The molecule has 1 aromatic heterocycles. The molecule has 2 rings (SSSR count). The second-order valence-electron chi connectivity index (χ2n) is 3.93. The van der Waals surface area contributed by atoms with Crippen LogP contribution < -0.4 is 15.5 Å². The highest BCUT2D eigenvalue weighted by atomic mass is 32.1. The predicted octanol–water partition coefficient (Wildman–Crippen LogP) is 2.45. The molecule has 0 radical (unpaired) electrons. The van der Waals surface area contributed by atoms with Crippen LogP contribution >= 0.6 is 24.4 Å². The van der Waals surface area contributed by atoms with Gasteiger partial charge in [-0.25, -0.2) is 4.68 Å². The standard InChI is InChI=1S/C12H15N5OS2/c1-3-10-14-15-12(20)17(10)16-11(19)13-8-4-6-9(18-2)7-5-8/h4-7H,3H2,1-2H3,(H,15,20)(H2,13,16,19). The highest BCUT2D eigenvalue weighted by Gasteiger charge is 2.05. The van der Waals surface area contributed by atoms with Crippen LogP contribution in [0.25, 0.3) is 0 Å². The minimum Gasteiger partial charge on any atom is -0.497 e. The van der Waals surface area contributed by atoms with Gasteiger partial charge in [-0.05, 0) is 48.7 Å². The van der Waals surface area contributed by atoms with Crippen molar-refractivity contribution in [1.82, 2.24) is 14.9 Å². The molecule has 0 aliphatic carbocycles. The number of nitrogens with zero attached hydrogens (tertiary/aromatic N) is 2. The summed E-state index contributed by atoms with van der Waals surface area (Å²) < 4.78 is 7.22. The molecule has 0 spiro atoms. The molecule has 20 heavy (non-hydrogen) atoms. The summed E-state index contributed by atoms with van der Waals surface area (Å²) >= 11 is 10.4. The number of methoxy groups -OCH3 is 1. The summed E-state index contributed by atoms with van der Waals surface area (Å²) in [6, 6.07) is 7.46. The van der Waals surface area contributed by atoms with Crippen molar-refractivity contribution in [2.75, 3.05) is 17.9 Å². The first-order valence-electron chi connectivity index (χ1n) is 6.02. The molecule has 0 saturated heterocycles. The second-order valence-corrected chi connectivity index (χ2v) is 4.72. The molecule has 0 bridgehead atoms. The van der Waals surface area contributed by atoms with Crippen molar-refractivity contribution in [2.24, 2.45) is 0 Å². The van der Waals surface area contributed by atoms with Gasteiger partial charge in [-0.2, -0.15) is 5.10 Å². The number of hydrogen-bond acceptors (Lipinski definition) is 4. The molecule has 0 saturated carbocycles. The monoisotopic (exact) mass is 309 g/mol. The molecule has 2 aromatic rings. The molecule has 8 heteroatoms. The number of rotatable bonds is 4. The van der Waals surface area contributed by atoms with E-state index in [1.165, 1.54) is 0 Å². The third-order valence-corrected chi connectivity index (χ3v) is 3.09. The fraction of sp³-hybridized carbons (Fsp3) is 0.250. The molecule has 0 unspecified atom stereocenters. The number of thiocarbonyl (C=S) groups is 1. The summed E-state index contributed by atoms with van der Waals surface area (Å²) in [7, 11) is 1.63. The summed E-state index contributed by atoms with van der Waals surface area (Å²) in [4.78, 5) is 0. The Balaban J connectivity index is 2.04. The first kappa shape index (κ1) is 14.5. The summed E-state index contributed by atoms with van der Waals surface area (Å²) in [5.41, 5.74) is 3.85. The van der Waals surface area contributed by atoms with Gasteiger partial charge in [0.05, 0.1) is 7.11 Å². The summed E-state index contributed by atoms with van der Waals surface area (Å²) in [6.45, 7) is 1.99. The van der Waals surface area contributed by atoms with Crippen LogP contribution in [0.5, 0.6) is 5.75 Å². The molecule has 0 fully saturated rings. The minimum atomic E-state index is 0.433. The smallest absolute Gasteiger partial charge is 0.214 e. The largest absolute Gasteiger partial charge is 0.497 e. The van der Waals surface area contributed by atoms with Gasteiger partial charge in [-0.15, -0.1) is 0 Å². The number of hydrogen-bond donors (Lipinski definition) is 3. The molecular weight excluding hydrogens is 294 g/mol. The van der Waals surface area contributed by atoms with E-state index in [0.717, 1.165) is 23.7 Å². The van der Waals surface area contributed by atoms with E-state index in [4.69, 9.17) is 29.2 Å². The lowest BCUT2D eigenvalue weighted by Gasteiger charge is -2.12. The molecule has 6 nitrogen and oxygen atoms in total. The van der Waals surface area contributed by atoms with Gasteiger partial charge in [0.2, 0.25) is 4.77 Å². The van der Waals surface area contributed by atoms with Gasteiger partial charge >= 0.3 is 0 Å². The lowest BCUT2D eigenvalue weighted by Crippen LogP contribution is -2.28. The first-order chi connectivity index (χ1) is 9.63. The second kappa shape index (κ2) is 6.49. The predicted molar refractivity (Wildman–Crippen MR) is 85.4 cm³/mol. The van der Waals surface area contributed by atoms with Crippen LogP contribution in [0.15, 0.2) is 24.3 Å². The van der Waals surface area contributed by atoms with E-state index in [1.807, 2.05) is 31.2 Å². The fourth-order valence-corrected chi connectivity index (χ4v) is 2.02. The van der Waals surface area contributed by atoms with Crippen molar-refractivity contribution in [3.05, 3.63) is 34.9 Å². The quantitative estimate of drug-likeness (QED) is 0.754. The van der Waals surface area contributed by atoms with E-state index in [1.54, 1.807) is 11.8 Å². The normalized spacial score (nSPS) is 10.1. The molecule has 3 N–H and O–H groups in total. The Morgan fingerprint density at radius 1 is 1.40 bits per heavy atom. The van der Waals surface area contributed by atoms with Crippen LogP contribution in [0.3, 0.4) is 0 Å². The van der Waals surface area contributed by atoms with E-state index in [2.05, 4.69) is 20.9 Å². The first-order valence-corrected chi connectivity index (χ1v) is 6.84. The van der Waals surface area contributed by atoms with Gasteiger partial charge in [0.15, 0.2) is 10.9 Å². The van der Waals surface area contributed by atoms with E-state index in [9.17, 15) is 0 Å². The van der Waals surface area contributed by atoms with Gasteiger partial charge in [-0.1, -0.05) is 6.92 Å². The minimum absolute atomic E-state index is 0.433. The Morgan fingerprint density at radius 2 is 2.10 bits per heavy atom. The number of aromatic nitrogens is 3. The van der Waals surface area contributed by atoms with Gasteiger partial charge in [0.1, 0.15) is 5.75 Å². The maximum Gasteiger partial charge on any atom is 0.214 e.